The Balaban J connectivity index is 1.49. The molecule has 3 aromatic carbocycles. The van der Waals surface area contributed by atoms with Gasteiger partial charge in [-0.15, -0.1) is 0 Å². The largest absolute Gasteiger partial charge is 0.493 e. The van der Waals surface area contributed by atoms with E-state index in [9.17, 15) is 4.79 Å². The molecule has 0 spiro atoms. The number of allylic oxidation sites excluding steroid dienone is 1. The van der Waals surface area contributed by atoms with Crippen LogP contribution in [-0.2, 0) is 4.79 Å². The van der Waals surface area contributed by atoms with E-state index >= 15 is 0 Å². The van der Waals surface area contributed by atoms with E-state index in [0.29, 0.717) is 17.5 Å². The van der Waals surface area contributed by atoms with Crippen LogP contribution in [0.5, 0.6) is 5.75 Å². The van der Waals surface area contributed by atoms with Crippen molar-refractivity contribution in [1.82, 2.24) is 4.98 Å². The molecule has 0 saturated heterocycles. The number of hydrogen-bond donors (Lipinski definition) is 1. The Bertz CT molecular complexity index is 1530. The number of benzene rings is 3. The summed E-state index contributed by atoms with van der Waals surface area (Å²) < 4.78 is 12.8. The Labute approximate surface area is 201 Å². The Kier molecular flexibility index (Phi) is 5.90. The summed E-state index contributed by atoms with van der Waals surface area (Å²) in [6, 6.07) is 20.1. The average molecular weight is 469 g/mol. The number of hydrogen-bond acceptors (Lipinski definition) is 5. The standard InChI is InChI=1S/C28H24N2O3S/c1-4-32-24-15-25-21(22(16-33-25)19-8-6-5-7-9-19)14-20(24)18(3)13-27(31)30-28-29-23-11-10-17(2)12-26(23)34-28/h5-16H,4H2,1-3H3,(H,29,30,31)/b18-13+. The van der Waals surface area contributed by atoms with E-state index in [4.69, 9.17) is 9.15 Å². The predicted molar refractivity (Wildman–Crippen MR) is 139 cm³/mol. The second-order valence-electron chi connectivity index (χ2n) is 8.10. The van der Waals surface area contributed by atoms with Crippen molar-refractivity contribution in [3.63, 3.8) is 0 Å². The molecule has 5 rings (SSSR count). The number of carbonyl (C=O) groups excluding carboxylic acids is 1. The minimum absolute atomic E-state index is 0.230. The number of furan rings is 1. The van der Waals surface area contributed by atoms with Gasteiger partial charge in [-0.3, -0.25) is 10.1 Å². The molecule has 0 fully saturated rings. The van der Waals surface area contributed by atoms with E-state index in [1.165, 1.54) is 11.3 Å². The number of anilines is 1. The lowest BCUT2D eigenvalue weighted by Crippen LogP contribution is -2.08. The molecule has 170 valence electrons. The number of fused-ring (bicyclic) bond motifs is 2. The van der Waals surface area contributed by atoms with Crippen LogP contribution >= 0.6 is 11.3 Å². The van der Waals surface area contributed by atoms with Crippen LogP contribution in [0, 0.1) is 6.92 Å². The third-order valence-electron chi connectivity index (χ3n) is 5.61. The zero-order valence-electron chi connectivity index (χ0n) is 19.2. The summed E-state index contributed by atoms with van der Waals surface area (Å²) in [5, 5.41) is 4.46. The highest BCUT2D eigenvalue weighted by Crippen LogP contribution is 2.37. The van der Waals surface area contributed by atoms with Gasteiger partial charge in [0.1, 0.15) is 11.3 Å². The summed E-state index contributed by atoms with van der Waals surface area (Å²) in [6.45, 7) is 6.40. The van der Waals surface area contributed by atoms with Gasteiger partial charge in [0.2, 0.25) is 5.91 Å². The summed E-state index contributed by atoms with van der Waals surface area (Å²) >= 11 is 1.47. The number of thiazole rings is 1. The molecule has 5 aromatic rings. The van der Waals surface area contributed by atoms with E-state index in [0.717, 1.165) is 49.0 Å². The van der Waals surface area contributed by atoms with Crippen LogP contribution < -0.4 is 10.1 Å². The third-order valence-corrected chi connectivity index (χ3v) is 6.54. The number of carbonyl (C=O) groups is 1. The predicted octanol–water partition coefficient (Wildman–Crippen LogP) is 7.46. The number of amides is 1. The first-order valence-electron chi connectivity index (χ1n) is 11.1. The molecule has 2 heterocycles. The summed E-state index contributed by atoms with van der Waals surface area (Å²) in [5.74, 6) is 0.451. The molecule has 1 N–H and O–H groups in total. The van der Waals surface area contributed by atoms with Gasteiger partial charge in [-0.1, -0.05) is 47.7 Å². The first-order chi connectivity index (χ1) is 16.5. The highest BCUT2D eigenvalue weighted by atomic mass is 32.1. The highest BCUT2D eigenvalue weighted by Gasteiger charge is 2.15. The summed E-state index contributed by atoms with van der Waals surface area (Å²) in [6.07, 6.45) is 3.35. The molecule has 0 atom stereocenters. The number of rotatable bonds is 6. The maximum atomic E-state index is 12.8. The molecule has 6 heteroatoms. The molecule has 0 radical (unpaired) electrons. The van der Waals surface area contributed by atoms with Crippen LogP contribution in [0.2, 0.25) is 0 Å². The Morgan fingerprint density at radius 1 is 1.15 bits per heavy atom. The van der Waals surface area contributed by atoms with Gasteiger partial charge in [0.05, 0.1) is 23.1 Å². The van der Waals surface area contributed by atoms with Gasteiger partial charge in [-0.25, -0.2) is 4.98 Å². The lowest BCUT2D eigenvalue weighted by molar-refractivity contribution is -0.111. The van der Waals surface area contributed by atoms with Gasteiger partial charge in [0.25, 0.3) is 0 Å². The van der Waals surface area contributed by atoms with E-state index in [2.05, 4.69) is 28.5 Å². The van der Waals surface area contributed by atoms with Crippen molar-refractivity contribution in [2.45, 2.75) is 20.8 Å². The molecule has 2 aromatic heterocycles. The van der Waals surface area contributed by atoms with Gasteiger partial charge in [0.15, 0.2) is 5.13 Å². The van der Waals surface area contributed by atoms with Crippen LogP contribution in [0.25, 0.3) is 37.9 Å². The molecule has 0 saturated carbocycles. The fourth-order valence-electron chi connectivity index (χ4n) is 3.98. The first-order valence-corrected chi connectivity index (χ1v) is 11.9. The number of ether oxygens (including phenoxy) is 1. The van der Waals surface area contributed by atoms with Gasteiger partial charge in [-0.05, 0) is 55.7 Å². The third kappa shape index (κ3) is 4.32. The van der Waals surface area contributed by atoms with Crippen LogP contribution in [-0.4, -0.2) is 17.5 Å². The second-order valence-corrected chi connectivity index (χ2v) is 9.13. The van der Waals surface area contributed by atoms with Crippen LogP contribution in [0.15, 0.2) is 77.4 Å². The maximum Gasteiger partial charge on any atom is 0.250 e. The zero-order valence-corrected chi connectivity index (χ0v) is 20.0. The monoisotopic (exact) mass is 468 g/mol. The fraction of sp³-hybridized carbons (Fsp3) is 0.143. The molecule has 0 aliphatic carbocycles. The smallest absolute Gasteiger partial charge is 0.250 e. The molecule has 0 bridgehead atoms. The van der Waals surface area contributed by atoms with Crippen molar-refractivity contribution < 1.29 is 13.9 Å². The quantitative estimate of drug-likeness (QED) is 0.263. The van der Waals surface area contributed by atoms with Crippen molar-refractivity contribution in [3.05, 3.63) is 84.1 Å². The fourth-order valence-corrected chi connectivity index (χ4v) is 4.95. The SMILES string of the molecule is CCOc1cc2occ(-c3ccccc3)c2cc1/C(C)=C/C(=O)Nc1nc2ccc(C)cc2s1. The first kappa shape index (κ1) is 21.9. The lowest BCUT2D eigenvalue weighted by atomic mass is 9.99. The van der Waals surface area contributed by atoms with Crippen molar-refractivity contribution in [2.75, 3.05) is 11.9 Å². The minimum Gasteiger partial charge on any atom is -0.493 e. The number of nitrogens with one attached hydrogen (secondary N) is 1. The zero-order chi connectivity index (χ0) is 23.7. The molecular formula is C28H24N2O3S. The van der Waals surface area contributed by atoms with E-state index in [-0.39, 0.29) is 5.91 Å². The summed E-state index contributed by atoms with van der Waals surface area (Å²) in [7, 11) is 0. The Hall–Kier alpha value is -3.90. The van der Waals surface area contributed by atoms with Gasteiger partial charge in [-0.2, -0.15) is 0 Å². The van der Waals surface area contributed by atoms with E-state index in [1.54, 1.807) is 12.3 Å². The van der Waals surface area contributed by atoms with Gasteiger partial charge in [0, 0.05) is 28.7 Å². The Morgan fingerprint density at radius 2 is 1.97 bits per heavy atom. The molecular weight excluding hydrogens is 444 g/mol. The van der Waals surface area contributed by atoms with E-state index in [1.807, 2.05) is 63.2 Å². The molecule has 0 unspecified atom stereocenters. The van der Waals surface area contributed by atoms with Crippen LogP contribution in [0.3, 0.4) is 0 Å². The highest BCUT2D eigenvalue weighted by molar-refractivity contribution is 7.22. The number of nitrogens with zero attached hydrogens (tertiary/aromatic N) is 1. The van der Waals surface area contributed by atoms with Crippen LogP contribution in [0.1, 0.15) is 25.0 Å². The van der Waals surface area contributed by atoms with Crippen molar-refractivity contribution in [1.29, 1.82) is 0 Å². The van der Waals surface area contributed by atoms with E-state index < -0.39 is 0 Å². The lowest BCUT2D eigenvalue weighted by Gasteiger charge is -2.11. The molecule has 0 aliphatic rings. The number of aromatic nitrogens is 1. The molecule has 5 nitrogen and oxygen atoms in total. The Morgan fingerprint density at radius 3 is 2.76 bits per heavy atom. The van der Waals surface area contributed by atoms with Crippen LogP contribution in [0.4, 0.5) is 5.13 Å². The molecule has 34 heavy (non-hydrogen) atoms. The molecule has 0 aliphatic heterocycles. The van der Waals surface area contributed by atoms with Crippen molar-refractivity contribution in [3.8, 4) is 16.9 Å². The normalized spacial score (nSPS) is 11.8. The van der Waals surface area contributed by atoms with Crippen molar-refractivity contribution in [2.24, 2.45) is 0 Å². The summed E-state index contributed by atoms with van der Waals surface area (Å²) in [5.41, 5.74) is 6.50. The summed E-state index contributed by atoms with van der Waals surface area (Å²) in [4.78, 5) is 17.4. The minimum atomic E-state index is -0.230. The molecule has 1 amide bonds. The average Bonchev–Trinajstić information content (AvgIpc) is 3.41. The van der Waals surface area contributed by atoms with Gasteiger partial charge >= 0.3 is 0 Å². The van der Waals surface area contributed by atoms with Crippen molar-refractivity contribution >= 4 is 49.1 Å². The maximum absolute atomic E-state index is 12.8. The topological polar surface area (TPSA) is 64.4 Å². The number of aryl methyl sites for hydroxylation is 1. The van der Waals surface area contributed by atoms with Gasteiger partial charge < -0.3 is 9.15 Å². The second kappa shape index (κ2) is 9.15.